The van der Waals surface area contributed by atoms with E-state index in [1.54, 1.807) is 29.2 Å². The fraction of sp³-hybridized carbons (Fsp3) is 0.500. The lowest BCUT2D eigenvalue weighted by molar-refractivity contribution is -0.136. The molecule has 0 bridgehead atoms. The van der Waals surface area contributed by atoms with E-state index in [-0.39, 0.29) is 17.8 Å². The largest absolute Gasteiger partial charge is 0.444 e. The molecule has 7 nitrogen and oxygen atoms in total. The van der Waals surface area contributed by atoms with Crippen LogP contribution in [0.25, 0.3) is 0 Å². The first-order chi connectivity index (χ1) is 17.9. The molecule has 206 valence electrons. The Kier molecular flexibility index (Phi) is 8.62. The van der Waals surface area contributed by atoms with Crippen LogP contribution in [0.15, 0.2) is 36.4 Å². The zero-order valence-electron chi connectivity index (χ0n) is 22.3. The number of carbonyl (C=O) groups is 2. The number of hydrogen-bond acceptors (Lipinski definition) is 5. The zero-order chi connectivity index (χ0) is 27.6. The number of nitrogens with zero attached hydrogens (tertiary/aromatic N) is 3. The maximum atomic E-state index is 14.7. The summed E-state index contributed by atoms with van der Waals surface area (Å²) in [4.78, 5) is 31.4. The van der Waals surface area contributed by atoms with Gasteiger partial charge in [0, 0.05) is 48.5 Å². The summed E-state index contributed by atoms with van der Waals surface area (Å²) >= 11 is 12.3. The summed E-state index contributed by atoms with van der Waals surface area (Å²) < 4.78 is 20.2. The minimum Gasteiger partial charge on any atom is -0.444 e. The molecule has 0 radical (unpaired) electrons. The molecule has 2 aliphatic rings. The second-order valence-corrected chi connectivity index (χ2v) is 11.7. The average Bonchev–Trinajstić information content (AvgIpc) is 3.34. The molecule has 2 atom stereocenters. The van der Waals surface area contributed by atoms with E-state index in [0.717, 1.165) is 17.7 Å². The third-order valence-corrected chi connectivity index (χ3v) is 7.44. The molecule has 4 rings (SSSR count). The molecule has 2 aliphatic heterocycles. The van der Waals surface area contributed by atoms with Crippen LogP contribution in [0.4, 0.5) is 20.6 Å². The van der Waals surface area contributed by atoms with Crippen molar-refractivity contribution in [3.05, 3.63) is 57.8 Å². The molecule has 0 spiro atoms. The Labute approximate surface area is 233 Å². The van der Waals surface area contributed by atoms with Gasteiger partial charge in [-0.2, -0.15) is 0 Å². The second kappa shape index (κ2) is 11.6. The SMILES string of the molecule is CC(Nc1cc(N2CCN(C(=O)[C@H]3CCCN3C(=O)OC(C)(C)C)CC2)ccc1F)c1ccc(Cl)cc1Cl. The number of amides is 2. The predicted octanol–water partition coefficient (Wildman–Crippen LogP) is 6.35. The Morgan fingerprint density at radius 3 is 2.42 bits per heavy atom. The number of rotatable bonds is 5. The summed E-state index contributed by atoms with van der Waals surface area (Å²) in [5, 5.41) is 4.28. The number of piperazine rings is 1. The van der Waals surface area contributed by atoms with E-state index in [2.05, 4.69) is 10.2 Å². The molecule has 2 fully saturated rings. The number of hydrogen-bond donors (Lipinski definition) is 1. The van der Waals surface area contributed by atoms with Gasteiger partial charge in [-0.25, -0.2) is 9.18 Å². The molecule has 1 unspecified atom stereocenters. The molecular formula is C28H35Cl2FN4O3. The van der Waals surface area contributed by atoms with E-state index >= 15 is 0 Å². The molecule has 38 heavy (non-hydrogen) atoms. The van der Waals surface area contributed by atoms with Crippen molar-refractivity contribution >= 4 is 46.6 Å². The van der Waals surface area contributed by atoms with Crippen LogP contribution in [-0.4, -0.2) is 66.2 Å². The third-order valence-electron chi connectivity index (χ3n) is 6.87. The van der Waals surface area contributed by atoms with Crippen LogP contribution < -0.4 is 10.2 Å². The minimum atomic E-state index is -0.610. The molecule has 10 heteroatoms. The van der Waals surface area contributed by atoms with Crippen LogP contribution in [-0.2, 0) is 9.53 Å². The highest BCUT2D eigenvalue weighted by atomic mass is 35.5. The lowest BCUT2D eigenvalue weighted by Gasteiger charge is -2.38. The van der Waals surface area contributed by atoms with E-state index < -0.39 is 17.7 Å². The van der Waals surface area contributed by atoms with Crippen LogP contribution in [0.5, 0.6) is 0 Å². The van der Waals surface area contributed by atoms with Gasteiger partial charge in [-0.3, -0.25) is 9.69 Å². The molecule has 2 aromatic carbocycles. The zero-order valence-corrected chi connectivity index (χ0v) is 23.8. The fourth-order valence-electron chi connectivity index (χ4n) is 4.94. The van der Waals surface area contributed by atoms with Gasteiger partial charge in [-0.1, -0.05) is 29.3 Å². The van der Waals surface area contributed by atoms with Gasteiger partial charge in [-0.05, 0) is 76.4 Å². The summed E-state index contributed by atoms with van der Waals surface area (Å²) in [5.74, 6) is -0.397. The number of anilines is 2. The van der Waals surface area contributed by atoms with Crippen LogP contribution in [0.1, 0.15) is 52.1 Å². The van der Waals surface area contributed by atoms with Gasteiger partial charge in [0.1, 0.15) is 17.5 Å². The standard InChI is InChI=1S/C28H35Cl2FN4O3/c1-18(21-9-7-19(29)16-22(21)30)32-24-17-20(8-10-23(24)31)33-12-14-34(15-13-33)26(36)25-6-5-11-35(25)27(37)38-28(2,3)4/h7-10,16-18,25,32H,5-6,11-15H2,1-4H3/t18?,25-/m1/s1. The number of carbonyl (C=O) groups excluding carboxylic acids is 2. The Morgan fingerprint density at radius 2 is 1.76 bits per heavy atom. The van der Waals surface area contributed by atoms with Gasteiger partial charge in [0.15, 0.2) is 0 Å². The maximum absolute atomic E-state index is 14.7. The topological polar surface area (TPSA) is 65.1 Å². The molecule has 2 aromatic rings. The summed E-state index contributed by atoms with van der Waals surface area (Å²) in [5.41, 5.74) is 1.45. The summed E-state index contributed by atoms with van der Waals surface area (Å²) in [6.45, 7) is 10.2. The van der Waals surface area contributed by atoms with Crippen LogP contribution in [0, 0.1) is 5.82 Å². The lowest BCUT2D eigenvalue weighted by atomic mass is 10.1. The lowest BCUT2D eigenvalue weighted by Crippen LogP contribution is -2.54. The quantitative estimate of drug-likeness (QED) is 0.458. The predicted molar refractivity (Wildman–Crippen MR) is 150 cm³/mol. The van der Waals surface area contributed by atoms with E-state index in [1.165, 1.54) is 6.07 Å². The highest BCUT2D eigenvalue weighted by Gasteiger charge is 2.39. The van der Waals surface area contributed by atoms with Crippen molar-refractivity contribution in [2.24, 2.45) is 0 Å². The molecule has 2 amide bonds. The van der Waals surface area contributed by atoms with Gasteiger partial charge < -0.3 is 19.9 Å². The number of likely N-dealkylation sites (tertiary alicyclic amines) is 1. The Balaban J connectivity index is 1.38. The number of halogens is 3. The molecule has 2 saturated heterocycles. The van der Waals surface area contributed by atoms with Gasteiger partial charge in [-0.15, -0.1) is 0 Å². The molecular weight excluding hydrogens is 530 g/mol. The minimum absolute atomic E-state index is 0.0388. The molecule has 0 saturated carbocycles. The Hall–Kier alpha value is -2.71. The maximum Gasteiger partial charge on any atom is 0.410 e. The van der Waals surface area contributed by atoms with Gasteiger partial charge >= 0.3 is 6.09 Å². The van der Waals surface area contributed by atoms with E-state index in [1.807, 2.05) is 38.7 Å². The molecule has 2 heterocycles. The van der Waals surface area contributed by atoms with Crippen molar-refractivity contribution in [1.29, 1.82) is 0 Å². The second-order valence-electron chi connectivity index (χ2n) is 10.8. The number of benzene rings is 2. The monoisotopic (exact) mass is 564 g/mol. The van der Waals surface area contributed by atoms with Crippen molar-refractivity contribution in [3.63, 3.8) is 0 Å². The summed E-state index contributed by atoms with van der Waals surface area (Å²) in [7, 11) is 0. The smallest absolute Gasteiger partial charge is 0.410 e. The van der Waals surface area contributed by atoms with E-state index in [0.29, 0.717) is 54.9 Å². The summed E-state index contributed by atoms with van der Waals surface area (Å²) in [6, 6.07) is 9.51. The van der Waals surface area contributed by atoms with Crippen molar-refractivity contribution in [3.8, 4) is 0 Å². The van der Waals surface area contributed by atoms with Gasteiger partial charge in [0.25, 0.3) is 0 Å². The number of nitrogens with one attached hydrogen (secondary N) is 1. The number of ether oxygens (including phenoxy) is 1. The third kappa shape index (κ3) is 6.64. The normalized spacial score (nSPS) is 18.9. The first-order valence-corrected chi connectivity index (χ1v) is 13.7. The molecule has 0 aliphatic carbocycles. The van der Waals surface area contributed by atoms with E-state index in [9.17, 15) is 14.0 Å². The first-order valence-electron chi connectivity index (χ1n) is 13.0. The Morgan fingerprint density at radius 1 is 1.05 bits per heavy atom. The molecule has 1 N–H and O–H groups in total. The highest BCUT2D eigenvalue weighted by molar-refractivity contribution is 6.35. The van der Waals surface area contributed by atoms with E-state index in [4.69, 9.17) is 27.9 Å². The van der Waals surface area contributed by atoms with Crippen LogP contribution in [0.2, 0.25) is 10.0 Å². The van der Waals surface area contributed by atoms with Crippen molar-refractivity contribution in [2.45, 2.75) is 58.2 Å². The van der Waals surface area contributed by atoms with Gasteiger partial charge in [0.2, 0.25) is 5.91 Å². The van der Waals surface area contributed by atoms with Crippen molar-refractivity contribution in [1.82, 2.24) is 9.80 Å². The van der Waals surface area contributed by atoms with Crippen molar-refractivity contribution in [2.75, 3.05) is 42.9 Å². The van der Waals surface area contributed by atoms with Crippen LogP contribution in [0.3, 0.4) is 0 Å². The molecule has 0 aromatic heterocycles. The Bertz CT molecular complexity index is 1180. The average molecular weight is 566 g/mol. The first kappa shape index (κ1) is 28.3. The van der Waals surface area contributed by atoms with Gasteiger partial charge in [0.05, 0.1) is 11.7 Å². The summed E-state index contributed by atoms with van der Waals surface area (Å²) in [6.07, 6.45) is 0.981. The fourth-order valence-corrected chi connectivity index (χ4v) is 5.51. The van der Waals surface area contributed by atoms with Crippen LogP contribution >= 0.6 is 23.2 Å². The highest BCUT2D eigenvalue weighted by Crippen LogP contribution is 2.31. The van der Waals surface area contributed by atoms with Crippen molar-refractivity contribution < 1.29 is 18.7 Å².